The van der Waals surface area contributed by atoms with Crippen molar-refractivity contribution < 1.29 is 19.2 Å². The fourth-order valence-corrected chi connectivity index (χ4v) is 2.91. The molecule has 0 bridgehead atoms. The standard InChI is InChI=1S/C14H24N2O4S2/c1-11(17)15-7-9-21-13(19)5-3-4-6-14(20)22-10-8-16-12(2)18/h3-10H2,1-2H3,(H,15,17)(H,16,18). The van der Waals surface area contributed by atoms with Crippen LogP contribution in [0.15, 0.2) is 0 Å². The van der Waals surface area contributed by atoms with Crippen molar-refractivity contribution in [3.8, 4) is 0 Å². The zero-order valence-corrected chi connectivity index (χ0v) is 14.7. The quantitative estimate of drug-likeness (QED) is 0.548. The number of amides is 2. The highest BCUT2D eigenvalue weighted by Crippen LogP contribution is 2.12. The van der Waals surface area contributed by atoms with E-state index in [4.69, 9.17) is 0 Å². The number of carbonyl (C=O) groups is 4. The van der Waals surface area contributed by atoms with Crippen molar-refractivity contribution in [2.45, 2.75) is 39.5 Å². The molecule has 0 rings (SSSR count). The number of nitrogens with one attached hydrogen (secondary N) is 2. The summed E-state index contributed by atoms with van der Waals surface area (Å²) in [5.41, 5.74) is 0. The Labute approximate surface area is 139 Å². The molecule has 126 valence electrons. The number of thioether (sulfide) groups is 2. The molecule has 0 saturated carbocycles. The predicted octanol–water partition coefficient (Wildman–Crippen LogP) is 1.34. The first kappa shape index (κ1) is 21.0. The molecular weight excluding hydrogens is 324 g/mol. The van der Waals surface area contributed by atoms with Gasteiger partial charge in [0, 0.05) is 51.3 Å². The summed E-state index contributed by atoms with van der Waals surface area (Å²) < 4.78 is 0. The SMILES string of the molecule is CC(=O)NCCSC(=O)CCCCC(=O)SCCNC(C)=O. The fourth-order valence-electron chi connectivity index (χ4n) is 1.47. The summed E-state index contributed by atoms with van der Waals surface area (Å²) in [5, 5.41) is 5.44. The van der Waals surface area contributed by atoms with Crippen LogP contribution in [0.2, 0.25) is 0 Å². The van der Waals surface area contributed by atoms with Gasteiger partial charge in [-0.3, -0.25) is 19.2 Å². The summed E-state index contributed by atoms with van der Waals surface area (Å²) in [6, 6.07) is 0. The van der Waals surface area contributed by atoms with E-state index in [1.807, 2.05) is 0 Å². The number of rotatable bonds is 11. The van der Waals surface area contributed by atoms with E-state index in [0.29, 0.717) is 50.3 Å². The second kappa shape index (κ2) is 13.6. The Kier molecular flexibility index (Phi) is 13.0. The molecule has 0 aromatic rings. The Hall–Kier alpha value is -1.02. The van der Waals surface area contributed by atoms with Gasteiger partial charge in [-0.05, 0) is 12.8 Å². The third-order valence-electron chi connectivity index (χ3n) is 2.49. The van der Waals surface area contributed by atoms with Crippen LogP contribution in [0.25, 0.3) is 0 Å². The minimum atomic E-state index is -0.0948. The Bertz CT molecular complexity index is 353. The van der Waals surface area contributed by atoms with Crippen molar-refractivity contribution in [1.82, 2.24) is 10.6 Å². The number of hydrogen-bond donors (Lipinski definition) is 2. The fraction of sp³-hybridized carbons (Fsp3) is 0.714. The average Bonchev–Trinajstić information content (AvgIpc) is 2.44. The number of unbranched alkanes of at least 4 members (excludes halogenated alkanes) is 1. The lowest BCUT2D eigenvalue weighted by Crippen LogP contribution is -2.22. The van der Waals surface area contributed by atoms with Crippen LogP contribution < -0.4 is 10.6 Å². The summed E-state index contributed by atoms with van der Waals surface area (Å²) in [4.78, 5) is 44.3. The molecule has 0 atom stereocenters. The first-order valence-corrected chi connectivity index (χ1v) is 9.19. The number of carbonyl (C=O) groups excluding carboxylic acids is 4. The maximum atomic E-state index is 11.5. The van der Waals surface area contributed by atoms with Crippen molar-refractivity contribution in [3.63, 3.8) is 0 Å². The van der Waals surface area contributed by atoms with Gasteiger partial charge in [0.2, 0.25) is 11.8 Å². The molecule has 6 nitrogen and oxygen atoms in total. The van der Waals surface area contributed by atoms with Crippen LogP contribution in [0.3, 0.4) is 0 Å². The van der Waals surface area contributed by atoms with E-state index < -0.39 is 0 Å². The van der Waals surface area contributed by atoms with Crippen LogP contribution in [-0.4, -0.2) is 46.6 Å². The topological polar surface area (TPSA) is 92.3 Å². The highest BCUT2D eigenvalue weighted by Gasteiger charge is 2.06. The molecule has 0 fully saturated rings. The van der Waals surface area contributed by atoms with Crippen molar-refractivity contribution >= 4 is 45.6 Å². The summed E-state index contributed by atoms with van der Waals surface area (Å²) in [6.07, 6.45) is 2.30. The molecule has 22 heavy (non-hydrogen) atoms. The molecule has 0 spiro atoms. The van der Waals surface area contributed by atoms with Gasteiger partial charge >= 0.3 is 0 Å². The zero-order valence-electron chi connectivity index (χ0n) is 13.1. The summed E-state index contributed by atoms with van der Waals surface area (Å²) in [7, 11) is 0. The first-order chi connectivity index (χ1) is 10.4. The van der Waals surface area contributed by atoms with Crippen LogP contribution in [-0.2, 0) is 19.2 Å². The summed E-state index contributed by atoms with van der Waals surface area (Å²) in [5.74, 6) is 0.970. The molecular formula is C14H24N2O4S2. The third-order valence-corrected chi connectivity index (χ3v) is 4.36. The van der Waals surface area contributed by atoms with E-state index >= 15 is 0 Å². The molecule has 2 N–H and O–H groups in total. The lowest BCUT2D eigenvalue weighted by atomic mass is 10.2. The van der Waals surface area contributed by atoms with Crippen molar-refractivity contribution in [2.24, 2.45) is 0 Å². The van der Waals surface area contributed by atoms with E-state index in [-0.39, 0.29) is 22.0 Å². The van der Waals surface area contributed by atoms with E-state index in [9.17, 15) is 19.2 Å². The van der Waals surface area contributed by atoms with Gasteiger partial charge in [-0.25, -0.2) is 0 Å². The first-order valence-electron chi connectivity index (χ1n) is 7.22. The van der Waals surface area contributed by atoms with Gasteiger partial charge in [-0.2, -0.15) is 0 Å². The van der Waals surface area contributed by atoms with Crippen LogP contribution in [0.5, 0.6) is 0 Å². The Balaban J connectivity index is 3.43. The van der Waals surface area contributed by atoms with Gasteiger partial charge in [0.15, 0.2) is 10.2 Å². The van der Waals surface area contributed by atoms with Crippen molar-refractivity contribution in [2.75, 3.05) is 24.6 Å². The van der Waals surface area contributed by atoms with Gasteiger partial charge in [0.05, 0.1) is 0 Å². The second-order valence-electron chi connectivity index (χ2n) is 4.61. The molecule has 0 aromatic carbocycles. The second-order valence-corrected chi connectivity index (χ2v) is 6.92. The summed E-state index contributed by atoms with van der Waals surface area (Å²) in [6.45, 7) is 3.87. The molecule has 0 radical (unpaired) electrons. The molecule has 0 aliphatic rings. The normalized spacial score (nSPS) is 10.1. The monoisotopic (exact) mass is 348 g/mol. The molecule has 0 saturated heterocycles. The molecule has 0 unspecified atom stereocenters. The Morgan fingerprint density at radius 1 is 0.727 bits per heavy atom. The van der Waals surface area contributed by atoms with Crippen LogP contribution in [0.1, 0.15) is 39.5 Å². The van der Waals surface area contributed by atoms with Gasteiger partial charge in [-0.15, -0.1) is 0 Å². The number of hydrogen-bond acceptors (Lipinski definition) is 6. The van der Waals surface area contributed by atoms with Crippen LogP contribution in [0, 0.1) is 0 Å². The maximum Gasteiger partial charge on any atom is 0.216 e. The minimum absolute atomic E-state index is 0.0936. The minimum Gasteiger partial charge on any atom is -0.356 e. The Morgan fingerprint density at radius 3 is 1.41 bits per heavy atom. The molecule has 0 aliphatic heterocycles. The average molecular weight is 348 g/mol. The van der Waals surface area contributed by atoms with Crippen LogP contribution in [0.4, 0.5) is 0 Å². The maximum absolute atomic E-state index is 11.5. The zero-order chi connectivity index (χ0) is 16.8. The van der Waals surface area contributed by atoms with E-state index in [1.165, 1.54) is 37.4 Å². The molecule has 8 heteroatoms. The van der Waals surface area contributed by atoms with Crippen molar-refractivity contribution in [3.05, 3.63) is 0 Å². The van der Waals surface area contributed by atoms with E-state index in [2.05, 4.69) is 10.6 Å². The van der Waals surface area contributed by atoms with E-state index in [1.54, 1.807) is 0 Å². The van der Waals surface area contributed by atoms with E-state index in [0.717, 1.165) is 0 Å². The molecule has 0 aliphatic carbocycles. The van der Waals surface area contributed by atoms with Gasteiger partial charge in [0.1, 0.15) is 0 Å². The Morgan fingerprint density at radius 2 is 1.09 bits per heavy atom. The third kappa shape index (κ3) is 15.4. The smallest absolute Gasteiger partial charge is 0.216 e. The van der Waals surface area contributed by atoms with Gasteiger partial charge in [-0.1, -0.05) is 23.5 Å². The molecule has 0 aromatic heterocycles. The lowest BCUT2D eigenvalue weighted by Gasteiger charge is -2.03. The van der Waals surface area contributed by atoms with Gasteiger partial charge < -0.3 is 10.6 Å². The lowest BCUT2D eigenvalue weighted by molar-refractivity contribution is -0.119. The molecule has 2 amide bonds. The highest BCUT2D eigenvalue weighted by molar-refractivity contribution is 8.13. The largest absolute Gasteiger partial charge is 0.356 e. The van der Waals surface area contributed by atoms with Gasteiger partial charge in [0.25, 0.3) is 0 Å². The van der Waals surface area contributed by atoms with Crippen LogP contribution >= 0.6 is 23.5 Å². The van der Waals surface area contributed by atoms with Crippen molar-refractivity contribution in [1.29, 1.82) is 0 Å². The summed E-state index contributed by atoms with van der Waals surface area (Å²) >= 11 is 2.43. The predicted molar refractivity (Wildman–Crippen MR) is 90.8 cm³/mol. The highest BCUT2D eigenvalue weighted by atomic mass is 32.2. The molecule has 0 heterocycles.